The summed E-state index contributed by atoms with van der Waals surface area (Å²) >= 11 is 0. The monoisotopic (exact) mass is 460 g/mol. The predicted molar refractivity (Wildman–Crippen MR) is 132 cm³/mol. The van der Waals surface area contributed by atoms with E-state index in [9.17, 15) is 10.1 Å². The molecule has 1 aromatic carbocycles. The predicted octanol–water partition coefficient (Wildman–Crippen LogP) is 4.96. The van der Waals surface area contributed by atoms with E-state index in [1.165, 1.54) is 6.42 Å². The lowest BCUT2D eigenvalue weighted by Gasteiger charge is -2.34. The van der Waals surface area contributed by atoms with Gasteiger partial charge in [0.1, 0.15) is 28.8 Å². The molecule has 0 radical (unpaired) electrons. The number of nitrogens with zero attached hydrogens (tertiary/aromatic N) is 3. The number of allylic oxidation sites excluding steroid dienone is 2. The molecule has 2 N–H and O–H groups in total. The van der Waals surface area contributed by atoms with Crippen LogP contribution in [0.15, 0.2) is 47.1 Å². The number of anilines is 1. The number of fused-ring (bicyclic) bond motifs is 1. The molecule has 0 amide bonds. The first-order valence-electron chi connectivity index (χ1n) is 11.8. The van der Waals surface area contributed by atoms with E-state index in [0.29, 0.717) is 5.76 Å². The van der Waals surface area contributed by atoms with Crippen LogP contribution in [0.2, 0.25) is 0 Å². The molecule has 4 rings (SSSR count). The summed E-state index contributed by atoms with van der Waals surface area (Å²) in [6.45, 7) is 10.9. The lowest BCUT2D eigenvalue weighted by atomic mass is 9.82. The van der Waals surface area contributed by atoms with Crippen LogP contribution in [-0.4, -0.2) is 29.6 Å². The fraction of sp³-hybridized carbons (Fsp3) is 0.444. The summed E-state index contributed by atoms with van der Waals surface area (Å²) in [7, 11) is 0. The average molecular weight is 461 g/mol. The van der Waals surface area contributed by atoms with Crippen LogP contribution in [0, 0.1) is 18.3 Å². The summed E-state index contributed by atoms with van der Waals surface area (Å²) in [4.78, 5) is 20.7. The lowest BCUT2D eigenvalue weighted by Crippen LogP contribution is -2.34. The summed E-state index contributed by atoms with van der Waals surface area (Å²) in [5.41, 5.74) is 8.71. The number of piperidine rings is 1. The normalized spacial score (nSPS) is 19.2. The second-order valence-electron chi connectivity index (χ2n) is 10.0. The van der Waals surface area contributed by atoms with Crippen LogP contribution in [0.4, 0.5) is 5.82 Å². The summed E-state index contributed by atoms with van der Waals surface area (Å²) in [6, 6.07) is 10.3. The Morgan fingerprint density at radius 3 is 2.56 bits per heavy atom. The topological polar surface area (TPSA) is 101 Å². The van der Waals surface area contributed by atoms with Gasteiger partial charge >= 0.3 is 5.97 Å². The van der Waals surface area contributed by atoms with E-state index in [4.69, 9.17) is 20.2 Å². The molecule has 1 aromatic heterocycles. The molecule has 34 heavy (non-hydrogen) atoms. The van der Waals surface area contributed by atoms with E-state index < -0.39 is 17.5 Å². The number of ether oxygens (including phenoxy) is 2. The van der Waals surface area contributed by atoms with E-state index in [1.54, 1.807) is 6.92 Å². The molecule has 0 spiro atoms. The van der Waals surface area contributed by atoms with Gasteiger partial charge in [0.15, 0.2) is 0 Å². The van der Waals surface area contributed by atoms with Gasteiger partial charge in [-0.15, -0.1) is 0 Å². The van der Waals surface area contributed by atoms with Gasteiger partial charge in [-0.05, 0) is 71.6 Å². The van der Waals surface area contributed by atoms with Gasteiger partial charge in [0.2, 0.25) is 5.88 Å². The number of hydrogen-bond donors (Lipinski definition) is 1. The van der Waals surface area contributed by atoms with Crippen molar-refractivity contribution >= 4 is 22.7 Å². The maximum Gasteiger partial charge on any atom is 0.338 e. The number of esters is 1. The van der Waals surface area contributed by atoms with Crippen molar-refractivity contribution in [2.45, 2.75) is 65.4 Å². The van der Waals surface area contributed by atoms with Gasteiger partial charge in [-0.25, -0.2) is 9.78 Å². The first kappa shape index (κ1) is 23.6. The highest BCUT2D eigenvalue weighted by atomic mass is 16.6. The minimum Gasteiger partial charge on any atom is -0.456 e. The Morgan fingerprint density at radius 2 is 1.91 bits per heavy atom. The molecule has 2 aromatic rings. The minimum absolute atomic E-state index is 0.00547. The number of nitrogens with two attached hydrogens (primary N) is 1. The number of benzene rings is 1. The molecule has 0 saturated carbocycles. The van der Waals surface area contributed by atoms with Crippen molar-refractivity contribution in [3.05, 3.63) is 58.2 Å². The Hall–Kier alpha value is -3.53. The van der Waals surface area contributed by atoms with E-state index in [2.05, 4.69) is 17.0 Å². The number of aryl methyl sites for hydroxylation is 1. The standard InChI is InChI=1S/C27H32N4O3/c1-16-9-10-18-14-19(25(30-21(18)13-16)31-11-7-6-8-12-31)23-20(15-28)24(29)33-17(2)22(23)26(32)34-27(3,4)5/h9-10,13-14,23H,6-8,11-12,29H2,1-5H3/t23-/m0/s1. The van der Waals surface area contributed by atoms with E-state index >= 15 is 0 Å². The third kappa shape index (κ3) is 4.58. The zero-order chi connectivity index (χ0) is 24.6. The lowest BCUT2D eigenvalue weighted by molar-refractivity contribution is -0.150. The SMILES string of the molecule is CC1=C(C(=O)OC(C)(C)C)[C@@H](c2cc3ccc(C)cc3nc2N2CCCCC2)C(C#N)=C(N)O1. The van der Waals surface area contributed by atoms with Gasteiger partial charge in [0.05, 0.1) is 17.0 Å². The largest absolute Gasteiger partial charge is 0.456 e. The molecule has 7 heteroatoms. The smallest absolute Gasteiger partial charge is 0.338 e. The second-order valence-corrected chi connectivity index (χ2v) is 10.0. The highest BCUT2D eigenvalue weighted by Gasteiger charge is 2.40. The molecule has 7 nitrogen and oxygen atoms in total. The van der Waals surface area contributed by atoms with Gasteiger partial charge in [-0.1, -0.05) is 12.1 Å². The Balaban J connectivity index is 1.97. The van der Waals surface area contributed by atoms with Crippen LogP contribution < -0.4 is 10.6 Å². The van der Waals surface area contributed by atoms with Crippen molar-refractivity contribution in [2.75, 3.05) is 18.0 Å². The third-order valence-corrected chi connectivity index (χ3v) is 6.17. The molecule has 1 atom stereocenters. The highest BCUT2D eigenvalue weighted by Crippen LogP contribution is 2.44. The molecule has 1 fully saturated rings. The Morgan fingerprint density at radius 1 is 1.21 bits per heavy atom. The zero-order valence-corrected chi connectivity index (χ0v) is 20.6. The summed E-state index contributed by atoms with van der Waals surface area (Å²) in [6.07, 6.45) is 3.31. The van der Waals surface area contributed by atoms with Gasteiger partial charge in [0, 0.05) is 24.0 Å². The number of carbonyl (C=O) groups is 1. The number of pyridine rings is 1. The number of carbonyl (C=O) groups excluding carboxylic acids is 1. The van der Waals surface area contributed by atoms with Crippen molar-refractivity contribution in [1.82, 2.24) is 4.98 Å². The number of aromatic nitrogens is 1. The summed E-state index contributed by atoms with van der Waals surface area (Å²) in [5.74, 6) is -0.137. The molecule has 0 unspecified atom stereocenters. The van der Waals surface area contributed by atoms with Crippen molar-refractivity contribution in [2.24, 2.45) is 5.73 Å². The molecule has 2 aliphatic rings. The Labute approximate surface area is 200 Å². The van der Waals surface area contributed by atoms with Crippen LogP contribution in [0.1, 0.15) is 64.0 Å². The van der Waals surface area contributed by atoms with Gasteiger partial charge in [-0.2, -0.15) is 5.26 Å². The van der Waals surface area contributed by atoms with Gasteiger partial charge in [0.25, 0.3) is 0 Å². The molecule has 1 saturated heterocycles. The second kappa shape index (κ2) is 9.02. The maximum absolute atomic E-state index is 13.4. The van der Waals surface area contributed by atoms with Gasteiger partial charge < -0.3 is 20.1 Å². The molecular weight excluding hydrogens is 428 g/mol. The minimum atomic E-state index is -0.733. The summed E-state index contributed by atoms with van der Waals surface area (Å²) < 4.78 is 11.4. The summed E-state index contributed by atoms with van der Waals surface area (Å²) in [5, 5.41) is 11.0. The van der Waals surface area contributed by atoms with Crippen LogP contribution in [0.25, 0.3) is 10.9 Å². The third-order valence-electron chi connectivity index (χ3n) is 6.17. The van der Waals surface area contributed by atoms with E-state index in [1.807, 2.05) is 45.9 Å². The van der Waals surface area contributed by atoms with Crippen molar-refractivity contribution in [3.8, 4) is 6.07 Å². The van der Waals surface area contributed by atoms with Crippen LogP contribution >= 0.6 is 0 Å². The number of rotatable bonds is 3. The first-order chi connectivity index (χ1) is 16.1. The Bertz CT molecular complexity index is 1240. The van der Waals surface area contributed by atoms with Crippen LogP contribution in [0.3, 0.4) is 0 Å². The van der Waals surface area contributed by atoms with Crippen LogP contribution in [-0.2, 0) is 14.3 Å². The fourth-order valence-electron chi connectivity index (χ4n) is 4.64. The van der Waals surface area contributed by atoms with Crippen molar-refractivity contribution in [3.63, 3.8) is 0 Å². The van der Waals surface area contributed by atoms with Gasteiger partial charge in [-0.3, -0.25) is 0 Å². The molecular formula is C27H32N4O3. The average Bonchev–Trinajstić information content (AvgIpc) is 2.77. The molecule has 178 valence electrons. The van der Waals surface area contributed by atoms with E-state index in [0.717, 1.165) is 53.8 Å². The molecule has 3 heterocycles. The Kier molecular flexibility index (Phi) is 6.26. The molecule has 2 aliphatic heterocycles. The van der Waals surface area contributed by atoms with Crippen LogP contribution in [0.5, 0.6) is 0 Å². The maximum atomic E-state index is 13.4. The highest BCUT2D eigenvalue weighted by molar-refractivity contribution is 5.94. The first-order valence-corrected chi connectivity index (χ1v) is 11.8. The number of hydrogen-bond acceptors (Lipinski definition) is 7. The molecule has 0 aliphatic carbocycles. The number of nitriles is 1. The molecule has 0 bridgehead atoms. The zero-order valence-electron chi connectivity index (χ0n) is 20.6. The van der Waals surface area contributed by atoms with E-state index in [-0.39, 0.29) is 17.0 Å². The fourth-order valence-corrected chi connectivity index (χ4v) is 4.64. The van der Waals surface area contributed by atoms with Crippen molar-refractivity contribution < 1.29 is 14.3 Å². The quantitative estimate of drug-likeness (QED) is 0.646. The van der Waals surface area contributed by atoms with Crippen molar-refractivity contribution in [1.29, 1.82) is 5.26 Å².